The molecule has 0 bridgehead atoms. The molecule has 0 radical (unpaired) electrons. The first-order chi connectivity index (χ1) is 14.0. The monoisotopic (exact) mass is 442 g/mol. The van der Waals surface area contributed by atoms with E-state index in [1.54, 1.807) is 45.2 Å². The first-order valence-corrected chi connectivity index (χ1v) is 9.51. The van der Waals surface area contributed by atoms with E-state index in [1.165, 1.54) is 29.2 Å². The minimum absolute atomic E-state index is 0.149. The van der Waals surface area contributed by atoms with Crippen molar-refractivity contribution >= 4 is 23.4 Å². The molecular formula is C21H22ClF3N2O3. The molecule has 2 aromatic carbocycles. The van der Waals surface area contributed by atoms with Crippen molar-refractivity contribution in [2.45, 2.75) is 32.8 Å². The SMILES string of the molecule is CC(C)C(NC(=O)c1ccccc1Cl)C(=O)N(C)Cc1ccc(OC(F)(F)F)cc1. The molecule has 1 atom stereocenters. The molecule has 2 rings (SSSR count). The standard InChI is InChI=1S/C21H22ClF3N2O3/c1-13(2)18(26-19(28)16-6-4-5-7-17(16)22)20(29)27(3)12-14-8-10-15(11-9-14)30-21(23,24)25/h4-11,13,18H,12H2,1-3H3,(H,26,28). The van der Waals surface area contributed by atoms with E-state index in [0.29, 0.717) is 5.56 Å². The molecule has 162 valence electrons. The van der Waals surface area contributed by atoms with Gasteiger partial charge in [0.05, 0.1) is 10.6 Å². The fourth-order valence-electron chi connectivity index (χ4n) is 2.76. The predicted molar refractivity (Wildman–Crippen MR) is 107 cm³/mol. The third-order valence-corrected chi connectivity index (χ3v) is 4.62. The third kappa shape index (κ3) is 6.66. The van der Waals surface area contributed by atoms with Gasteiger partial charge < -0.3 is 15.0 Å². The molecule has 0 aliphatic rings. The maximum absolute atomic E-state index is 12.9. The Bertz CT molecular complexity index is 886. The van der Waals surface area contributed by atoms with Crippen LogP contribution in [0.4, 0.5) is 13.2 Å². The Morgan fingerprint density at radius 1 is 1.10 bits per heavy atom. The van der Waals surface area contributed by atoms with Crippen molar-refractivity contribution in [3.63, 3.8) is 0 Å². The summed E-state index contributed by atoms with van der Waals surface area (Å²) in [5.74, 6) is -1.34. The number of carbonyl (C=O) groups excluding carboxylic acids is 2. The highest BCUT2D eigenvalue weighted by atomic mass is 35.5. The van der Waals surface area contributed by atoms with Gasteiger partial charge in [0.15, 0.2) is 0 Å². The van der Waals surface area contributed by atoms with Crippen LogP contribution in [-0.4, -0.2) is 36.2 Å². The zero-order chi connectivity index (χ0) is 22.5. The minimum atomic E-state index is -4.77. The largest absolute Gasteiger partial charge is 0.573 e. The number of hydrogen-bond donors (Lipinski definition) is 1. The highest BCUT2D eigenvalue weighted by Crippen LogP contribution is 2.23. The van der Waals surface area contributed by atoms with Gasteiger partial charge in [0.25, 0.3) is 5.91 Å². The van der Waals surface area contributed by atoms with E-state index in [-0.39, 0.29) is 34.7 Å². The van der Waals surface area contributed by atoms with E-state index >= 15 is 0 Å². The topological polar surface area (TPSA) is 58.6 Å². The van der Waals surface area contributed by atoms with Crippen LogP contribution >= 0.6 is 11.6 Å². The third-order valence-electron chi connectivity index (χ3n) is 4.29. The molecule has 30 heavy (non-hydrogen) atoms. The van der Waals surface area contributed by atoms with Gasteiger partial charge in [0.2, 0.25) is 5.91 Å². The quantitative estimate of drug-likeness (QED) is 0.679. The molecule has 2 amide bonds. The number of alkyl halides is 3. The van der Waals surface area contributed by atoms with Gasteiger partial charge >= 0.3 is 6.36 Å². The number of amides is 2. The van der Waals surface area contributed by atoms with E-state index in [1.807, 2.05) is 0 Å². The molecule has 1 unspecified atom stereocenters. The number of ether oxygens (including phenoxy) is 1. The van der Waals surface area contributed by atoms with Crippen molar-refractivity contribution in [2.24, 2.45) is 5.92 Å². The van der Waals surface area contributed by atoms with Crippen molar-refractivity contribution < 1.29 is 27.5 Å². The lowest BCUT2D eigenvalue weighted by Crippen LogP contribution is -2.50. The van der Waals surface area contributed by atoms with Gasteiger partial charge in [-0.05, 0) is 35.7 Å². The van der Waals surface area contributed by atoms with Crippen LogP contribution in [0.5, 0.6) is 5.75 Å². The Morgan fingerprint density at radius 3 is 2.23 bits per heavy atom. The molecule has 0 spiro atoms. The molecule has 0 saturated carbocycles. The maximum Gasteiger partial charge on any atom is 0.573 e. The number of carbonyl (C=O) groups is 2. The summed E-state index contributed by atoms with van der Waals surface area (Å²) in [6.07, 6.45) is -4.77. The van der Waals surface area contributed by atoms with Crippen LogP contribution in [0.2, 0.25) is 5.02 Å². The number of likely N-dealkylation sites (N-methyl/N-ethyl adjacent to an activating group) is 1. The van der Waals surface area contributed by atoms with E-state index in [0.717, 1.165) is 0 Å². The summed E-state index contributed by atoms with van der Waals surface area (Å²) < 4.78 is 40.6. The molecule has 1 N–H and O–H groups in total. The van der Waals surface area contributed by atoms with Crippen LogP contribution in [0.1, 0.15) is 29.8 Å². The van der Waals surface area contributed by atoms with Crippen molar-refractivity contribution in [3.8, 4) is 5.75 Å². The summed E-state index contributed by atoms with van der Waals surface area (Å²) in [6.45, 7) is 3.75. The van der Waals surface area contributed by atoms with Crippen LogP contribution in [0.3, 0.4) is 0 Å². The number of nitrogens with one attached hydrogen (secondary N) is 1. The Kier molecular flexibility index (Phi) is 7.72. The molecule has 0 aromatic heterocycles. The predicted octanol–water partition coefficient (Wildman–Crippen LogP) is 4.65. The Labute approximate surface area is 177 Å². The van der Waals surface area contributed by atoms with Gasteiger partial charge in [-0.25, -0.2) is 0 Å². The lowest BCUT2D eigenvalue weighted by Gasteiger charge is -2.27. The summed E-state index contributed by atoms with van der Waals surface area (Å²) >= 11 is 6.05. The highest BCUT2D eigenvalue weighted by Gasteiger charge is 2.31. The van der Waals surface area contributed by atoms with Crippen LogP contribution in [0.15, 0.2) is 48.5 Å². The molecule has 5 nitrogen and oxygen atoms in total. The molecule has 0 saturated heterocycles. The Morgan fingerprint density at radius 2 is 1.70 bits per heavy atom. The van der Waals surface area contributed by atoms with Gasteiger partial charge in [0.1, 0.15) is 11.8 Å². The smallest absolute Gasteiger partial charge is 0.406 e. The van der Waals surface area contributed by atoms with Gasteiger partial charge in [-0.2, -0.15) is 0 Å². The second-order valence-electron chi connectivity index (χ2n) is 7.06. The summed E-state index contributed by atoms with van der Waals surface area (Å²) in [5, 5.41) is 2.99. The van der Waals surface area contributed by atoms with Crippen molar-refractivity contribution in [3.05, 3.63) is 64.7 Å². The molecule has 0 aliphatic heterocycles. The molecule has 0 aliphatic carbocycles. The first-order valence-electron chi connectivity index (χ1n) is 9.13. The molecular weight excluding hydrogens is 421 g/mol. The zero-order valence-electron chi connectivity index (χ0n) is 16.7. The van der Waals surface area contributed by atoms with Crippen molar-refractivity contribution in [1.82, 2.24) is 10.2 Å². The second kappa shape index (κ2) is 9.84. The summed E-state index contributed by atoms with van der Waals surface area (Å²) in [5.41, 5.74) is 0.876. The Balaban J connectivity index is 2.06. The van der Waals surface area contributed by atoms with E-state index in [2.05, 4.69) is 10.1 Å². The second-order valence-corrected chi connectivity index (χ2v) is 7.47. The number of nitrogens with zero attached hydrogens (tertiary/aromatic N) is 1. The van der Waals surface area contributed by atoms with E-state index < -0.39 is 18.3 Å². The summed E-state index contributed by atoms with van der Waals surface area (Å²) in [6, 6.07) is 11.0. The Hall–Kier alpha value is -2.74. The van der Waals surface area contributed by atoms with Gasteiger partial charge in [-0.3, -0.25) is 9.59 Å². The summed E-state index contributed by atoms with van der Waals surface area (Å²) in [7, 11) is 1.56. The highest BCUT2D eigenvalue weighted by molar-refractivity contribution is 6.33. The number of hydrogen-bond acceptors (Lipinski definition) is 3. The average molecular weight is 443 g/mol. The normalized spacial score (nSPS) is 12.4. The van der Waals surface area contributed by atoms with Gasteiger partial charge in [-0.1, -0.05) is 49.7 Å². The zero-order valence-corrected chi connectivity index (χ0v) is 17.4. The maximum atomic E-state index is 12.9. The van der Waals surface area contributed by atoms with Gasteiger partial charge in [-0.15, -0.1) is 13.2 Å². The van der Waals surface area contributed by atoms with Crippen LogP contribution in [0.25, 0.3) is 0 Å². The van der Waals surface area contributed by atoms with E-state index in [4.69, 9.17) is 11.6 Å². The average Bonchev–Trinajstić information content (AvgIpc) is 2.65. The van der Waals surface area contributed by atoms with Crippen molar-refractivity contribution in [1.29, 1.82) is 0 Å². The lowest BCUT2D eigenvalue weighted by atomic mass is 10.0. The molecule has 0 fully saturated rings. The molecule has 2 aromatic rings. The minimum Gasteiger partial charge on any atom is -0.406 e. The van der Waals surface area contributed by atoms with Crippen LogP contribution in [-0.2, 0) is 11.3 Å². The summed E-state index contributed by atoms with van der Waals surface area (Å²) in [4.78, 5) is 26.8. The first kappa shape index (κ1) is 23.5. The van der Waals surface area contributed by atoms with Crippen LogP contribution < -0.4 is 10.1 Å². The van der Waals surface area contributed by atoms with Crippen LogP contribution in [0, 0.1) is 5.92 Å². The molecule has 0 heterocycles. The lowest BCUT2D eigenvalue weighted by molar-refractivity contribution is -0.274. The van der Waals surface area contributed by atoms with E-state index in [9.17, 15) is 22.8 Å². The number of halogens is 4. The fourth-order valence-corrected chi connectivity index (χ4v) is 2.99. The fraction of sp³-hybridized carbons (Fsp3) is 0.333. The number of rotatable bonds is 7. The van der Waals surface area contributed by atoms with Gasteiger partial charge in [0, 0.05) is 13.6 Å². The number of benzene rings is 2. The molecule has 9 heteroatoms. The van der Waals surface area contributed by atoms with Crippen molar-refractivity contribution in [2.75, 3.05) is 7.05 Å².